The van der Waals surface area contributed by atoms with Crippen molar-refractivity contribution in [2.45, 2.75) is 10.4 Å². The molecule has 0 aliphatic carbocycles. The molecule has 2 heterocycles. The van der Waals surface area contributed by atoms with Crippen LogP contribution in [0.4, 0.5) is 4.79 Å². The molecule has 1 amide bonds. The Hall–Kier alpha value is -1.27. The van der Waals surface area contributed by atoms with Crippen LogP contribution in [0.1, 0.15) is 0 Å². The number of rotatable bonds is 3. The van der Waals surface area contributed by atoms with E-state index in [4.69, 9.17) is 4.74 Å². The lowest BCUT2D eigenvalue weighted by Gasteiger charge is -2.04. The molecule has 6 heteroatoms. The van der Waals surface area contributed by atoms with Gasteiger partial charge in [-0.25, -0.2) is 9.78 Å². The maximum atomic E-state index is 10.9. The number of alkyl carbamates (subject to hydrolysis) is 1. The Morgan fingerprint density at radius 1 is 1.53 bits per heavy atom. The average Bonchev–Trinajstić information content (AvgIpc) is 2.91. The molecule has 0 saturated carbocycles. The zero-order valence-corrected chi connectivity index (χ0v) is 10.5. The third-order valence-electron chi connectivity index (χ3n) is 2.41. The lowest BCUT2D eigenvalue weighted by molar-refractivity contribution is 0.150. The molecule has 4 nitrogen and oxygen atoms in total. The summed E-state index contributed by atoms with van der Waals surface area (Å²) < 4.78 is 7.28. The number of nitrogens with one attached hydrogen (secondary N) is 1. The number of ether oxygens (including phenoxy) is 1. The molecule has 1 aromatic heterocycles. The molecule has 0 unspecified atom stereocenters. The minimum Gasteiger partial charge on any atom is -0.443 e. The number of amides is 1. The Morgan fingerprint density at radius 2 is 2.41 bits per heavy atom. The van der Waals surface area contributed by atoms with Crippen molar-refractivity contribution in [2.24, 2.45) is 0 Å². The van der Waals surface area contributed by atoms with Gasteiger partial charge in [-0.1, -0.05) is 23.9 Å². The van der Waals surface area contributed by atoms with Gasteiger partial charge in [0.05, 0.1) is 16.8 Å². The first-order valence-electron chi connectivity index (χ1n) is 5.24. The summed E-state index contributed by atoms with van der Waals surface area (Å²) in [6, 6.07) is 8.07. The first-order valence-corrected chi connectivity index (χ1v) is 7.04. The van der Waals surface area contributed by atoms with Gasteiger partial charge in [0, 0.05) is 5.75 Å². The largest absolute Gasteiger partial charge is 0.443 e. The van der Waals surface area contributed by atoms with Crippen LogP contribution in [0.25, 0.3) is 10.2 Å². The molecule has 3 rings (SSSR count). The van der Waals surface area contributed by atoms with E-state index in [-0.39, 0.29) is 12.2 Å². The van der Waals surface area contributed by atoms with Crippen LogP contribution in [-0.2, 0) is 4.74 Å². The molecule has 0 spiro atoms. The van der Waals surface area contributed by atoms with Gasteiger partial charge in [-0.2, -0.15) is 0 Å². The van der Waals surface area contributed by atoms with Crippen LogP contribution in [0, 0.1) is 0 Å². The highest BCUT2D eigenvalue weighted by molar-refractivity contribution is 8.01. The van der Waals surface area contributed by atoms with Gasteiger partial charge < -0.3 is 10.1 Å². The van der Waals surface area contributed by atoms with Gasteiger partial charge in [0.1, 0.15) is 6.10 Å². The first-order chi connectivity index (χ1) is 8.31. The summed E-state index contributed by atoms with van der Waals surface area (Å²) in [4.78, 5) is 15.4. The number of nitrogens with zero attached hydrogens (tertiary/aromatic N) is 1. The SMILES string of the molecule is O=C1NC[C@H](CSc2nc3ccccc3s2)O1. The molecule has 2 aromatic rings. The molecule has 1 aliphatic rings. The molecular formula is C11H10N2O2S2. The van der Waals surface area contributed by atoms with Crippen molar-refractivity contribution in [1.82, 2.24) is 10.3 Å². The van der Waals surface area contributed by atoms with Crippen molar-refractivity contribution in [2.75, 3.05) is 12.3 Å². The van der Waals surface area contributed by atoms with Crippen molar-refractivity contribution in [3.8, 4) is 0 Å². The van der Waals surface area contributed by atoms with E-state index in [0.717, 1.165) is 15.6 Å². The fourth-order valence-electron chi connectivity index (χ4n) is 1.60. The molecule has 1 aromatic carbocycles. The molecular weight excluding hydrogens is 256 g/mol. The van der Waals surface area contributed by atoms with E-state index in [9.17, 15) is 4.79 Å². The standard InChI is InChI=1S/C11H10N2O2S2/c14-10-12-5-7(15-10)6-16-11-13-8-3-1-2-4-9(8)17-11/h1-4,7H,5-6H2,(H,12,14)/t7-/m1/s1. The van der Waals surface area contributed by atoms with E-state index < -0.39 is 0 Å². The van der Waals surface area contributed by atoms with E-state index in [1.165, 1.54) is 4.70 Å². The molecule has 1 fully saturated rings. The third kappa shape index (κ3) is 2.37. The normalized spacial score (nSPS) is 19.3. The Labute approximate surface area is 106 Å². The summed E-state index contributed by atoms with van der Waals surface area (Å²) in [7, 11) is 0. The molecule has 0 bridgehead atoms. The minimum atomic E-state index is -0.320. The predicted molar refractivity (Wildman–Crippen MR) is 68.6 cm³/mol. The van der Waals surface area contributed by atoms with Crippen molar-refractivity contribution < 1.29 is 9.53 Å². The quantitative estimate of drug-likeness (QED) is 0.867. The summed E-state index contributed by atoms with van der Waals surface area (Å²) in [6.07, 6.45) is -0.362. The maximum absolute atomic E-state index is 10.9. The molecule has 88 valence electrons. The number of aromatic nitrogens is 1. The number of hydrogen-bond donors (Lipinski definition) is 1. The number of hydrogen-bond acceptors (Lipinski definition) is 5. The maximum Gasteiger partial charge on any atom is 0.407 e. The fourth-order valence-corrected chi connectivity index (χ4v) is 3.69. The van der Waals surface area contributed by atoms with E-state index in [1.807, 2.05) is 18.2 Å². The highest BCUT2D eigenvalue weighted by Gasteiger charge is 2.22. The number of fused-ring (bicyclic) bond motifs is 1. The summed E-state index contributed by atoms with van der Waals surface area (Å²) in [5.41, 5.74) is 1.03. The monoisotopic (exact) mass is 266 g/mol. The van der Waals surface area contributed by atoms with Crippen molar-refractivity contribution in [3.05, 3.63) is 24.3 Å². The summed E-state index contributed by atoms with van der Waals surface area (Å²) in [5, 5.41) is 2.64. The second-order valence-corrected chi connectivity index (χ2v) is 5.96. The zero-order chi connectivity index (χ0) is 11.7. The van der Waals surface area contributed by atoms with E-state index in [1.54, 1.807) is 23.1 Å². The lowest BCUT2D eigenvalue weighted by Crippen LogP contribution is -2.16. The Balaban J connectivity index is 1.66. The van der Waals surface area contributed by atoms with E-state index >= 15 is 0 Å². The molecule has 1 N–H and O–H groups in total. The van der Waals surface area contributed by atoms with Crippen LogP contribution in [0.5, 0.6) is 0 Å². The van der Waals surface area contributed by atoms with Crippen LogP contribution >= 0.6 is 23.1 Å². The predicted octanol–water partition coefficient (Wildman–Crippen LogP) is 2.50. The average molecular weight is 266 g/mol. The second-order valence-electron chi connectivity index (χ2n) is 3.67. The number of thioether (sulfide) groups is 1. The van der Waals surface area contributed by atoms with Crippen LogP contribution < -0.4 is 5.32 Å². The van der Waals surface area contributed by atoms with Gasteiger partial charge in [0.15, 0.2) is 4.34 Å². The number of cyclic esters (lactones) is 1. The van der Waals surface area contributed by atoms with E-state index in [2.05, 4.69) is 16.4 Å². The number of thiazole rings is 1. The fraction of sp³-hybridized carbons (Fsp3) is 0.273. The highest BCUT2D eigenvalue weighted by Crippen LogP contribution is 2.30. The van der Waals surface area contributed by atoms with Crippen LogP contribution in [0.3, 0.4) is 0 Å². The van der Waals surface area contributed by atoms with Crippen molar-refractivity contribution >= 4 is 39.4 Å². The summed E-state index contributed by atoms with van der Waals surface area (Å²) in [6.45, 7) is 0.594. The summed E-state index contributed by atoms with van der Waals surface area (Å²) in [5.74, 6) is 0.749. The van der Waals surface area contributed by atoms with Crippen molar-refractivity contribution in [3.63, 3.8) is 0 Å². The minimum absolute atomic E-state index is 0.0421. The summed E-state index contributed by atoms with van der Waals surface area (Å²) >= 11 is 3.31. The molecule has 17 heavy (non-hydrogen) atoms. The molecule has 0 radical (unpaired) electrons. The number of carbonyl (C=O) groups is 1. The van der Waals surface area contributed by atoms with Crippen LogP contribution in [0.2, 0.25) is 0 Å². The Morgan fingerprint density at radius 3 is 3.18 bits per heavy atom. The lowest BCUT2D eigenvalue weighted by atomic mass is 10.3. The second kappa shape index (κ2) is 4.54. The third-order valence-corrected chi connectivity index (χ3v) is 4.73. The van der Waals surface area contributed by atoms with Gasteiger partial charge in [0.25, 0.3) is 0 Å². The van der Waals surface area contributed by atoms with Gasteiger partial charge in [-0.15, -0.1) is 11.3 Å². The first kappa shape index (κ1) is 10.9. The van der Waals surface area contributed by atoms with Crippen molar-refractivity contribution in [1.29, 1.82) is 0 Å². The molecule has 1 saturated heterocycles. The van der Waals surface area contributed by atoms with E-state index in [0.29, 0.717) is 6.54 Å². The number of benzene rings is 1. The van der Waals surface area contributed by atoms with Gasteiger partial charge in [-0.05, 0) is 12.1 Å². The van der Waals surface area contributed by atoms with Gasteiger partial charge in [-0.3, -0.25) is 0 Å². The van der Waals surface area contributed by atoms with Gasteiger partial charge >= 0.3 is 6.09 Å². The van der Waals surface area contributed by atoms with Crippen LogP contribution in [0.15, 0.2) is 28.6 Å². The Bertz CT molecular complexity index is 522. The van der Waals surface area contributed by atoms with Gasteiger partial charge in [0.2, 0.25) is 0 Å². The smallest absolute Gasteiger partial charge is 0.407 e. The zero-order valence-electron chi connectivity index (χ0n) is 8.88. The molecule has 1 atom stereocenters. The van der Waals surface area contributed by atoms with Crippen LogP contribution in [-0.4, -0.2) is 29.5 Å². The molecule has 1 aliphatic heterocycles. The number of carbonyl (C=O) groups excluding carboxylic acids is 1. The topological polar surface area (TPSA) is 51.2 Å². The Kier molecular flexibility index (Phi) is 2.90. The number of para-hydroxylation sites is 1. The highest BCUT2D eigenvalue weighted by atomic mass is 32.2.